The number of rotatable bonds is 1. The van der Waals surface area contributed by atoms with Gasteiger partial charge in [0.05, 0.1) is 0 Å². The molecule has 0 atom stereocenters. The van der Waals surface area contributed by atoms with Gasteiger partial charge in [0.2, 0.25) is 0 Å². The molecule has 0 unspecified atom stereocenters. The van der Waals surface area contributed by atoms with E-state index in [0.717, 1.165) is 6.42 Å². The Kier molecular flexibility index (Phi) is 2.36. The van der Waals surface area contributed by atoms with Crippen LogP contribution >= 0.6 is 0 Å². The Labute approximate surface area is 103 Å². The van der Waals surface area contributed by atoms with Crippen LogP contribution in [0.4, 0.5) is 0 Å². The van der Waals surface area contributed by atoms with E-state index in [1.54, 1.807) is 0 Å². The van der Waals surface area contributed by atoms with E-state index < -0.39 is 0 Å². The standard InChI is InChI=1S/C17H16/c1-12-6-5-9-15(13(12)2)17-11-10-14-7-3-4-8-16(14)17/h3-9,11H,10H2,1-2H3. The zero-order valence-corrected chi connectivity index (χ0v) is 10.3. The first-order chi connectivity index (χ1) is 8.27. The quantitative estimate of drug-likeness (QED) is 0.672. The molecule has 1 aliphatic rings. The fraction of sp³-hybridized carbons (Fsp3) is 0.176. The fourth-order valence-electron chi connectivity index (χ4n) is 2.58. The molecule has 0 aromatic heterocycles. The maximum Gasteiger partial charge on any atom is -0.00819 e. The summed E-state index contributed by atoms with van der Waals surface area (Å²) in [6.07, 6.45) is 3.42. The number of hydrogen-bond donors (Lipinski definition) is 0. The summed E-state index contributed by atoms with van der Waals surface area (Å²) < 4.78 is 0. The van der Waals surface area contributed by atoms with E-state index in [4.69, 9.17) is 0 Å². The van der Waals surface area contributed by atoms with Gasteiger partial charge in [-0.3, -0.25) is 0 Å². The van der Waals surface area contributed by atoms with Crippen LogP contribution in [0.25, 0.3) is 5.57 Å². The summed E-state index contributed by atoms with van der Waals surface area (Å²) >= 11 is 0. The highest BCUT2D eigenvalue weighted by Gasteiger charge is 2.16. The second kappa shape index (κ2) is 3.89. The number of benzene rings is 2. The van der Waals surface area contributed by atoms with Crippen LogP contribution in [0.3, 0.4) is 0 Å². The minimum absolute atomic E-state index is 1.07. The third-order valence-corrected chi connectivity index (χ3v) is 3.73. The van der Waals surface area contributed by atoms with E-state index in [1.807, 2.05) is 0 Å². The predicted octanol–water partition coefficient (Wildman–Crippen LogP) is 4.29. The number of fused-ring (bicyclic) bond motifs is 1. The van der Waals surface area contributed by atoms with Crippen molar-refractivity contribution in [1.82, 2.24) is 0 Å². The Morgan fingerprint density at radius 2 is 1.59 bits per heavy atom. The third-order valence-electron chi connectivity index (χ3n) is 3.73. The molecule has 3 rings (SSSR count). The first kappa shape index (κ1) is 10.3. The topological polar surface area (TPSA) is 0 Å². The van der Waals surface area contributed by atoms with Crippen molar-refractivity contribution in [3.63, 3.8) is 0 Å². The molecular formula is C17H16. The van der Waals surface area contributed by atoms with E-state index >= 15 is 0 Å². The Hall–Kier alpha value is -1.82. The van der Waals surface area contributed by atoms with Crippen LogP contribution in [0.2, 0.25) is 0 Å². The molecule has 0 saturated carbocycles. The van der Waals surface area contributed by atoms with Crippen molar-refractivity contribution in [2.24, 2.45) is 0 Å². The SMILES string of the molecule is Cc1cccc(C2=CCc3ccccc32)c1C. The van der Waals surface area contributed by atoms with Crippen LogP contribution in [0.15, 0.2) is 48.5 Å². The first-order valence-electron chi connectivity index (χ1n) is 6.12. The van der Waals surface area contributed by atoms with Gasteiger partial charge in [-0.05, 0) is 53.7 Å². The third kappa shape index (κ3) is 1.61. The molecule has 0 N–H and O–H groups in total. The monoisotopic (exact) mass is 220 g/mol. The van der Waals surface area contributed by atoms with E-state index in [1.165, 1.54) is 33.4 Å². The summed E-state index contributed by atoms with van der Waals surface area (Å²) in [6.45, 7) is 4.40. The molecule has 0 saturated heterocycles. The van der Waals surface area contributed by atoms with Crippen molar-refractivity contribution in [2.45, 2.75) is 20.3 Å². The molecule has 17 heavy (non-hydrogen) atoms. The molecule has 1 aliphatic carbocycles. The van der Waals surface area contributed by atoms with Crippen LogP contribution in [-0.4, -0.2) is 0 Å². The van der Waals surface area contributed by atoms with Crippen LogP contribution in [0.1, 0.15) is 27.8 Å². The Bertz CT molecular complexity index is 603. The highest BCUT2D eigenvalue weighted by Crippen LogP contribution is 2.34. The molecule has 0 nitrogen and oxygen atoms in total. The molecule has 2 aromatic rings. The van der Waals surface area contributed by atoms with Crippen molar-refractivity contribution in [3.05, 3.63) is 76.4 Å². The predicted molar refractivity (Wildman–Crippen MR) is 73.1 cm³/mol. The molecule has 2 aromatic carbocycles. The molecule has 0 amide bonds. The van der Waals surface area contributed by atoms with Gasteiger partial charge in [0, 0.05) is 0 Å². The summed E-state index contributed by atoms with van der Waals surface area (Å²) in [6, 6.07) is 15.3. The Morgan fingerprint density at radius 1 is 0.824 bits per heavy atom. The zero-order valence-electron chi connectivity index (χ0n) is 10.3. The van der Waals surface area contributed by atoms with Crippen LogP contribution in [-0.2, 0) is 6.42 Å². The molecule has 0 spiro atoms. The second-order valence-electron chi connectivity index (χ2n) is 4.73. The van der Waals surface area contributed by atoms with Gasteiger partial charge >= 0.3 is 0 Å². The highest BCUT2D eigenvalue weighted by molar-refractivity contribution is 5.86. The molecule has 84 valence electrons. The normalized spacial score (nSPS) is 13.4. The van der Waals surface area contributed by atoms with Gasteiger partial charge in [-0.15, -0.1) is 0 Å². The van der Waals surface area contributed by atoms with E-state index in [2.05, 4.69) is 62.4 Å². The summed E-state index contributed by atoms with van der Waals surface area (Å²) in [5, 5.41) is 0. The van der Waals surface area contributed by atoms with Gasteiger partial charge in [0.15, 0.2) is 0 Å². The Morgan fingerprint density at radius 3 is 2.47 bits per heavy atom. The zero-order chi connectivity index (χ0) is 11.8. The Balaban J connectivity index is 2.16. The summed E-state index contributed by atoms with van der Waals surface area (Å²) in [5.74, 6) is 0. The van der Waals surface area contributed by atoms with Crippen molar-refractivity contribution >= 4 is 5.57 Å². The van der Waals surface area contributed by atoms with Crippen LogP contribution in [0.5, 0.6) is 0 Å². The lowest BCUT2D eigenvalue weighted by Gasteiger charge is -2.11. The van der Waals surface area contributed by atoms with Gasteiger partial charge in [-0.1, -0.05) is 48.5 Å². The lowest BCUT2D eigenvalue weighted by molar-refractivity contribution is 1.31. The maximum absolute atomic E-state index is 2.35. The minimum atomic E-state index is 1.07. The highest BCUT2D eigenvalue weighted by atomic mass is 14.2. The average Bonchev–Trinajstić information content (AvgIpc) is 2.77. The molecule has 0 radical (unpaired) electrons. The van der Waals surface area contributed by atoms with Gasteiger partial charge < -0.3 is 0 Å². The second-order valence-corrected chi connectivity index (χ2v) is 4.73. The van der Waals surface area contributed by atoms with E-state index in [-0.39, 0.29) is 0 Å². The lowest BCUT2D eigenvalue weighted by Crippen LogP contribution is -1.92. The van der Waals surface area contributed by atoms with Crippen molar-refractivity contribution in [2.75, 3.05) is 0 Å². The van der Waals surface area contributed by atoms with E-state index in [9.17, 15) is 0 Å². The van der Waals surface area contributed by atoms with Gasteiger partial charge in [0.1, 0.15) is 0 Å². The number of aryl methyl sites for hydroxylation is 1. The van der Waals surface area contributed by atoms with Gasteiger partial charge in [-0.2, -0.15) is 0 Å². The minimum Gasteiger partial charge on any atom is -0.0716 e. The molecule has 0 heteroatoms. The van der Waals surface area contributed by atoms with Crippen molar-refractivity contribution in [3.8, 4) is 0 Å². The largest absolute Gasteiger partial charge is 0.0716 e. The molecule has 0 aliphatic heterocycles. The maximum atomic E-state index is 2.35. The van der Waals surface area contributed by atoms with Crippen molar-refractivity contribution < 1.29 is 0 Å². The van der Waals surface area contributed by atoms with E-state index in [0.29, 0.717) is 0 Å². The van der Waals surface area contributed by atoms with Crippen molar-refractivity contribution in [1.29, 1.82) is 0 Å². The molecule has 0 fully saturated rings. The van der Waals surface area contributed by atoms with Gasteiger partial charge in [-0.25, -0.2) is 0 Å². The summed E-state index contributed by atoms with van der Waals surface area (Å²) in [4.78, 5) is 0. The van der Waals surface area contributed by atoms with Crippen LogP contribution in [0, 0.1) is 13.8 Å². The average molecular weight is 220 g/mol. The molecule has 0 heterocycles. The fourth-order valence-corrected chi connectivity index (χ4v) is 2.58. The van der Waals surface area contributed by atoms with Gasteiger partial charge in [0.25, 0.3) is 0 Å². The molecule has 0 bridgehead atoms. The number of allylic oxidation sites excluding steroid dienone is 1. The first-order valence-corrected chi connectivity index (χ1v) is 6.12. The summed E-state index contributed by atoms with van der Waals surface area (Å²) in [5.41, 5.74) is 8.41. The van der Waals surface area contributed by atoms with Crippen LogP contribution < -0.4 is 0 Å². The smallest absolute Gasteiger partial charge is 0.00819 e. The number of hydrogen-bond acceptors (Lipinski definition) is 0. The summed E-state index contributed by atoms with van der Waals surface area (Å²) in [7, 11) is 0. The molecular weight excluding hydrogens is 204 g/mol. The lowest BCUT2D eigenvalue weighted by atomic mass is 9.93.